The molecule has 112 valence electrons. The Labute approximate surface area is 123 Å². The fraction of sp³-hybridized carbons (Fsp3) is 0.294. The number of halogens is 2. The normalized spacial score (nSPS) is 12.2. The van der Waals surface area contributed by atoms with Gasteiger partial charge in [0.2, 0.25) is 0 Å². The zero-order valence-corrected chi connectivity index (χ0v) is 12.4. The van der Waals surface area contributed by atoms with Gasteiger partial charge in [-0.2, -0.15) is 0 Å². The van der Waals surface area contributed by atoms with Gasteiger partial charge in [0.1, 0.15) is 17.4 Å². The minimum Gasteiger partial charge on any atom is -0.497 e. The highest BCUT2D eigenvalue weighted by Gasteiger charge is 2.18. The number of hydrogen-bond acceptors (Lipinski definition) is 2. The Morgan fingerprint density at radius 3 is 2.33 bits per heavy atom. The molecule has 2 rings (SSSR count). The average Bonchev–Trinajstić information content (AvgIpc) is 2.49. The Hall–Kier alpha value is -1.94. The lowest BCUT2D eigenvalue weighted by Gasteiger charge is -2.20. The highest BCUT2D eigenvalue weighted by Crippen LogP contribution is 2.27. The van der Waals surface area contributed by atoms with Crippen molar-refractivity contribution in [2.24, 2.45) is 0 Å². The summed E-state index contributed by atoms with van der Waals surface area (Å²) in [5.41, 5.74) is 1.78. The molecule has 1 atom stereocenters. The van der Waals surface area contributed by atoms with E-state index in [1.165, 1.54) is 0 Å². The Bertz CT molecular complexity index is 611. The molecular formula is C17H19F2NO. The van der Waals surface area contributed by atoms with Crippen LogP contribution in [0.25, 0.3) is 0 Å². The minimum atomic E-state index is -0.542. The molecule has 21 heavy (non-hydrogen) atoms. The first-order valence-electron chi connectivity index (χ1n) is 6.89. The van der Waals surface area contributed by atoms with Gasteiger partial charge in [-0.25, -0.2) is 8.78 Å². The van der Waals surface area contributed by atoms with E-state index in [2.05, 4.69) is 5.32 Å². The molecular weight excluding hydrogens is 272 g/mol. The molecule has 0 spiro atoms. The van der Waals surface area contributed by atoms with Crippen LogP contribution in [-0.4, -0.2) is 13.7 Å². The topological polar surface area (TPSA) is 21.3 Å². The van der Waals surface area contributed by atoms with Crippen LogP contribution in [0, 0.1) is 18.6 Å². The van der Waals surface area contributed by atoms with Gasteiger partial charge in [0.25, 0.3) is 0 Å². The summed E-state index contributed by atoms with van der Waals surface area (Å²) in [5, 5.41) is 3.24. The summed E-state index contributed by atoms with van der Waals surface area (Å²) in [4.78, 5) is 0. The van der Waals surface area contributed by atoms with Crippen LogP contribution in [0.3, 0.4) is 0 Å². The summed E-state index contributed by atoms with van der Waals surface area (Å²) in [6.07, 6.45) is 0. The Kier molecular flexibility index (Phi) is 4.91. The second kappa shape index (κ2) is 6.68. The lowest BCUT2D eigenvalue weighted by molar-refractivity contribution is 0.414. The third-order valence-electron chi connectivity index (χ3n) is 3.45. The number of hydrogen-bond donors (Lipinski definition) is 1. The van der Waals surface area contributed by atoms with Crippen molar-refractivity contribution in [3.63, 3.8) is 0 Å². The van der Waals surface area contributed by atoms with Gasteiger partial charge in [-0.15, -0.1) is 0 Å². The van der Waals surface area contributed by atoms with Gasteiger partial charge in [0.05, 0.1) is 13.2 Å². The lowest BCUT2D eigenvalue weighted by atomic mass is 9.96. The standard InChI is InChI=1S/C17H19F2NO/c1-4-20-17(12-5-7-13(21-3)8-6-12)14-9-11(2)15(18)10-16(14)19/h5-10,17,20H,4H2,1-3H3. The maximum Gasteiger partial charge on any atom is 0.131 e. The van der Waals surface area contributed by atoms with Gasteiger partial charge < -0.3 is 10.1 Å². The largest absolute Gasteiger partial charge is 0.497 e. The summed E-state index contributed by atoms with van der Waals surface area (Å²) < 4.78 is 32.7. The third kappa shape index (κ3) is 3.39. The Morgan fingerprint density at radius 2 is 1.76 bits per heavy atom. The van der Waals surface area contributed by atoms with E-state index in [1.807, 2.05) is 31.2 Å². The fourth-order valence-electron chi connectivity index (χ4n) is 2.31. The smallest absolute Gasteiger partial charge is 0.131 e. The van der Waals surface area contributed by atoms with E-state index < -0.39 is 11.6 Å². The van der Waals surface area contributed by atoms with Gasteiger partial charge in [-0.3, -0.25) is 0 Å². The van der Waals surface area contributed by atoms with E-state index in [0.29, 0.717) is 17.7 Å². The van der Waals surface area contributed by atoms with Crippen molar-refractivity contribution in [2.75, 3.05) is 13.7 Å². The van der Waals surface area contributed by atoms with E-state index >= 15 is 0 Å². The predicted molar refractivity (Wildman–Crippen MR) is 79.6 cm³/mol. The SMILES string of the molecule is CCNC(c1ccc(OC)cc1)c1cc(C)c(F)cc1F. The van der Waals surface area contributed by atoms with Crippen molar-refractivity contribution < 1.29 is 13.5 Å². The van der Waals surface area contributed by atoms with Gasteiger partial charge in [0.15, 0.2) is 0 Å². The van der Waals surface area contributed by atoms with Crippen molar-refractivity contribution in [3.8, 4) is 5.75 Å². The van der Waals surface area contributed by atoms with Crippen LogP contribution >= 0.6 is 0 Å². The van der Waals surface area contributed by atoms with Gasteiger partial charge >= 0.3 is 0 Å². The monoisotopic (exact) mass is 291 g/mol. The summed E-state index contributed by atoms with van der Waals surface area (Å²) in [6, 6.07) is 9.59. The zero-order chi connectivity index (χ0) is 15.4. The van der Waals surface area contributed by atoms with Gasteiger partial charge in [-0.1, -0.05) is 19.1 Å². The molecule has 0 saturated heterocycles. The first-order chi connectivity index (χ1) is 10.1. The second-order valence-corrected chi connectivity index (χ2v) is 4.89. The predicted octanol–water partition coefficient (Wildman–Crippen LogP) is 3.98. The van der Waals surface area contributed by atoms with E-state index in [0.717, 1.165) is 17.4 Å². The molecule has 2 nitrogen and oxygen atoms in total. The van der Waals surface area contributed by atoms with Crippen LogP contribution in [0.4, 0.5) is 8.78 Å². The fourth-order valence-corrected chi connectivity index (χ4v) is 2.31. The Morgan fingerprint density at radius 1 is 1.10 bits per heavy atom. The number of rotatable bonds is 5. The van der Waals surface area contributed by atoms with Gasteiger partial charge in [0, 0.05) is 11.6 Å². The molecule has 2 aromatic carbocycles. The van der Waals surface area contributed by atoms with E-state index in [4.69, 9.17) is 4.74 Å². The van der Waals surface area contributed by atoms with E-state index in [-0.39, 0.29) is 6.04 Å². The van der Waals surface area contributed by atoms with Crippen molar-refractivity contribution in [1.82, 2.24) is 5.32 Å². The second-order valence-electron chi connectivity index (χ2n) is 4.89. The van der Waals surface area contributed by atoms with E-state index in [9.17, 15) is 8.78 Å². The number of aryl methyl sites for hydroxylation is 1. The third-order valence-corrected chi connectivity index (χ3v) is 3.45. The quantitative estimate of drug-likeness (QED) is 0.899. The number of nitrogens with one attached hydrogen (secondary N) is 1. The summed E-state index contributed by atoms with van der Waals surface area (Å²) in [7, 11) is 1.60. The number of ether oxygens (including phenoxy) is 1. The molecule has 1 N–H and O–H groups in total. The molecule has 0 aromatic heterocycles. The highest BCUT2D eigenvalue weighted by molar-refractivity contribution is 5.38. The molecule has 1 unspecified atom stereocenters. The number of methoxy groups -OCH3 is 1. The van der Waals surface area contributed by atoms with Crippen LogP contribution in [0.1, 0.15) is 29.7 Å². The van der Waals surface area contributed by atoms with Crippen LogP contribution in [0.2, 0.25) is 0 Å². The van der Waals surface area contributed by atoms with Crippen molar-refractivity contribution in [2.45, 2.75) is 19.9 Å². The highest BCUT2D eigenvalue weighted by atomic mass is 19.1. The molecule has 4 heteroatoms. The average molecular weight is 291 g/mol. The van der Waals surface area contributed by atoms with E-state index in [1.54, 1.807) is 20.1 Å². The van der Waals surface area contributed by atoms with Gasteiger partial charge in [-0.05, 0) is 42.8 Å². The summed E-state index contributed by atoms with van der Waals surface area (Å²) >= 11 is 0. The van der Waals surface area contributed by atoms with Crippen LogP contribution in [-0.2, 0) is 0 Å². The van der Waals surface area contributed by atoms with Crippen LogP contribution in [0.15, 0.2) is 36.4 Å². The van der Waals surface area contributed by atoms with Crippen LogP contribution in [0.5, 0.6) is 5.75 Å². The summed E-state index contributed by atoms with van der Waals surface area (Å²) in [6.45, 7) is 4.26. The summed E-state index contributed by atoms with van der Waals surface area (Å²) in [5.74, 6) is -0.328. The van der Waals surface area contributed by atoms with Crippen molar-refractivity contribution in [1.29, 1.82) is 0 Å². The molecule has 0 bridgehead atoms. The maximum atomic E-state index is 14.1. The molecule has 0 aliphatic heterocycles. The molecule has 0 aliphatic carbocycles. The van der Waals surface area contributed by atoms with Crippen LogP contribution < -0.4 is 10.1 Å². The molecule has 0 saturated carbocycles. The molecule has 0 radical (unpaired) electrons. The minimum absolute atomic E-state index is 0.319. The maximum absolute atomic E-state index is 14.1. The van der Waals surface area contributed by atoms with Crippen molar-refractivity contribution >= 4 is 0 Å². The zero-order valence-electron chi connectivity index (χ0n) is 12.4. The van der Waals surface area contributed by atoms with Crippen molar-refractivity contribution in [3.05, 3.63) is 64.7 Å². The first-order valence-corrected chi connectivity index (χ1v) is 6.89. The molecule has 0 heterocycles. The number of benzene rings is 2. The Balaban J connectivity index is 2.44. The molecule has 0 aliphatic rings. The molecule has 0 amide bonds. The molecule has 0 fully saturated rings. The lowest BCUT2D eigenvalue weighted by Crippen LogP contribution is -2.23. The molecule has 2 aromatic rings. The first kappa shape index (κ1) is 15.4.